The number of nitrogens with one attached hydrogen (secondary N) is 1. The lowest BCUT2D eigenvalue weighted by Crippen LogP contribution is -2.36. The van der Waals surface area contributed by atoms with E-state index in [-0.39, 0.29) is 11.8 Å². The number of hydrogen-bond donors (Lipinski definition) is 1. The molecule has 2 amide bonds. The molecule has 1 aliphatic rings. The molecule has 1 fully saturated rings. The Balaban J connectivity index is 1.69. The zero-order valence-electron chi connectivity index (χ0n) is 15.4. The van der Waals surface area contributed by atoms with Crippen LogP contribution in [0.2, 0.25) is 0 Å². The predicted molar refractivity (Wildman–Crippen MR) is 96.0 cm³/mol. The van der Waals surface area contributed by atoms with E-state index in [0.29, 0.717) is 36.3 Å². The van der Waals surface area contributed by atoms with Gasteiger partial charge in [0.25, 0.3) is 0 Å². The molecule has 1 atom stereocenters. The number of aryl methyl sites for hydroxylation is 1. The van der Waals surface area contributed by atoms with Crippen LogP contribution >= 0.6 is 0 Å². The quantitative estimate of drug-likeness (QED) is 0.886. The minimum atomic E-state index is -0.572. The predicted octanol–water partition coefficient (Wildman–Crippen LogP) is 2.33. The average molecular weight is 361 g/mol. The Morgan fingerprint density at radius 3 is 2.73 bits per heavy atom. The van der Waals surface area contributed by atoms with Crippen LogP contribution in [0.3, 0.4) is 0 Å². The molecule has 8 heteroatoms. The third kappa shape index (κ3) is 3.58. The van der Waals surface area contributed by atoms with Gasteiger partial charge in [-0.25, -0.2) is 9.59 Å². The molecule has 26 heavy (non-hydrogen) atoms. The lowest BCUT2D eigenvalue weighted by atomic mass is 10.1. The van der Waals surface area contributed by atoms with E-state index in [0.717, 1.165) is 0 Å². The molecular formula is C18H23N3O5. The number of anilines is 1. The van der Waals surface area contributed by atoms with Crippen LogP contribution in [0.15, 0.2) is 27.4 Å². The van der Waals surface area contributed by atoms with E-state index in [1.54, 1.807) is 50.9 Å². The fraction of sp³-hybridized carbons (Fsp3) is 0.500. The van der Waals surface area contributed by atoms with Gasteiger partial charge in [0.15, 0.2) is 5.58 Å². The van der Waals surface area contributed by atoms with Gasteiger partial charge < -0.3 is 19.4 Å². The fourth-order valence-corrected chi connectivity index (χ4v) is 2.95. The minimum Gasteiger partial charge on any atom is -0.444 e. The van der Waals surface area contributed by atoms with Gasteiger partial charge in [0.2, 0.25) is 5.91 Å². The highest BCUT2D eigenvalue weighted by Gasteiger charge is 2.33. The number of carbonyl (C=O) groups excluding carboxylic acids is 2. The average Bonchev–Trinajstić information content (AvgIpc) is 3.13. The Hall–Kier alpha value is -2.77. The number of para-hydroxylation sites is 1. The topological polar surface area (TPSA) is 93.8 Å². The van der Waals surface area contributed by atoms with Crippen LogP contribution in [0.5, 0.6) is 0 Å². The summed E-state index contributed by atoms with van der Waals surface area (Å²) < 4.78 is 11.9. The lowest BCUT2D eigenvalue weighted by Gasteiger charge is -2.24. The Bertz CT molecular complexity index is 906. The van der Waals surface area contributed by atoms with Gasteiger partial charge in [0, 0.05) is 20.1 Å². The SMILES string of the molecule is Cn1c(=O)oc2c(NC(=O)[C@@H]3CCN(C(=O)OC(C)(C)C)C3)cccc21. The van der Waals surface area contributed by atoms with E-state index in [1.165, 1.54) is 4.57 Å². The first kappa shape index (κ1) is 18.0. The molecule has 1 aromatic heterocycles. The first-order chi connectivity index (χ1) is 12.2. The van der Waals surface area contributed by atoms with E-state index in [9.17, 15) is 14.4 Å². The molecule has 0 saturated carbocycles. The van der Waals surface area contributed by atoms with Gasteiger partial charge in [0.1, 0.15) is 5.60 Å². The summed E-state index contributed by atoms with van der Waals surface area (Å²) in [6.07, 6.45) is 0.142. The van der Waals surface area contributed by atoms with Gasteiger partial charge in [0.05, 0.1) is 17.1 Å². The van der Waals surface area contributed by atoms with E-state index < -0.39 is 17.5 Å². The molecule has 0 spiro atoms. The highest BCUT2D eigenvalue weighted by atomic mass is 16.6. The van der Waals surface area contributed by atoms with Gasteiger partial charge in [-0.3, -0.25) is 9.36 Å². The number of aromatic nitrogens is 1. The molecule has 2 aromatic rings. The molecule has 1 aliphatic heterocycles. The monoisotopic (exact) mass is 361 g/mol. The van der Waals surface area contributed by atoms with Crippen LogP contribution in [0.4, 0.5) is 10.5 Å². The molecule has 1 N–H and O–H groups in total. The molecule has 0 radical (unpaired) electrons. The maximum Gasteiger partial charge on any atom is 0.419 e. The number of nitrogens with zero attached hydrogens (tertiary/aromatic N) is 2. The zero-order valence-corrected chi connectivity index (χ0v) is 15.4. The first-order valence-electron chi connectivity index (χ1n) is 8.53. The molecule has 1 saturated heterocycles. The molecule has 0 unspecified atom stereocenters. The molecular weight excluding hydrogens is 338 g/mol. The summed E-state index contributed by atoms with van der Waals surface area (Å²) in [5.74, 6) is -1.04. The van der Waals surface area contributed by atoms with Crippen molar-refractivity contribution in [2.24, 2.45) is 13.0 Å². The molecule has 1 aromatic carbocycles. The van der Waals surface area contributed by atoms with Crippen molar-refractivity contribution in [3.05, 3.63) is 28.7 Å². The van der Waals surface area contributed by atoms with Crippen molar-refractivity contribution >= 4 is 28.8 Å². The third-order valence-corrected chi connectivity index (χ3v) is 4.29. The molecule has 0 bridgehead atoms. The zero-order chi connectivity index (χ0) is 19.1. The van der Waals surface area contributed by atoms with Crippen LogP contribution in [0.1, 0.15) is 27.2 Å². The second-order valence-corrected chi connectivity index (χ2v) is 7.48. The van der Waals surface area contributed by atoms with Crippen molar-refractivity contribution in [2.75, 3.05) is 18.4 Å². The smallest absolute Gasteiger partial charge is 0.419 e. The molecule has 3 rings (SSSR count). The number of fused-ring (bicyclic) bond motifs is 1. The highest BCUT2D eigenvalue weighted by molar-refractivity contribution is 6.00. The first-order valence-corrected chi connectivity index (χ1v) is 8.53. The Morgan fingerprint density at radius 1 is 1.31 bits per heavy atom. The summed E-state index contributed by atoms with van der Waals surface area (Å²) in [6, 6.07) is 5.17. The standard InChI is InChI=1S/C18H23N3O5/c1-18(2,3)26-17(24)21-9-8-11(10-21)15(22)19-12-6-5-7-13-14(12)25-16(23)20(13)4/h5-7,11H,8-10H2,1-4H3,(H,19,22)/t11-/m1/s1. The van der Waals surface area contributed by atoms with Gasteiger partial charge in [-0.05, 0) is 39.3 Å². The summed E-state index contributed by atoms with van der Waals surface area (Å²) >= 11 is 0. The molecule has 140 valence electrons. The van der Waals surface area contributed by atoms with Crippen molar-refractivity contribution < 1.29 is 18.7 Å². The Kier molecular flexibility index (Phi) is 4.52. The number of hydrogen-bond acceptors (Lipinski definition) is 5. The van der Waals surface area contributed by atoms with Crippen LogP contribution in [-0.4, -0.2) is 40.2 Å². The Labute approximate surface area is 150 Å². The third-order valence-electron chi connectivity index (χ3n) is 4.29. The maximum absolute atomic E-state index is 12.6. The summed E-state index contributed by atoms with van der Waals surface area (Å²) in [7, 11) is 1.61. The second-order valence-electron chi connectivity index (χ2n) is 7.48. The number of oxazole rings is 1. The van der Waals surface area contributed by atoms with Gasteiger partial charge in [-0.1, -0.05) is 6.07 Å². The van der Waals surface area contributed by atoms with Gasteiger partial charge >= 0.3 is 11.8 Å². The highest BCUT2D eigenvalue weighted by Crippen LogP contribution is 2.25. The van der Waals surface area contributed by atoms with Crippen LogP contribution in [0, 0.1) is 5.92 Å². The molecule has 8 nitrogen and oxygen atoms in total. The molecule has 2 heterocycles. The van der Waals surface area contributed by atoms with E-state index >= 15 is 0 Å². The van der Waals surface area contributed by atoms with Crippen molar-refractivity contribution in [3.8, 4) is 0 Å². The van der Waals surface area contributed by atoms with Crippen molar-refractivity contribution in [1.29, 1.82) is 0 Å². The summed E-state index contributed by atoms with van der Waals surface area (Å²) in [4.78, 5) is 37.9. The van der Waals surface area contributed by atoms with Gasteiger partial charge in [-0.15, -0.1) is 0 Å². The fourth-order valence-electron chi connectivity index (χ4n) is 2.95. The minimum absolute atomic E-state index is 0.213. The number of likely N-dealkylation sites (tertiary alicyclic amines) is 1. The number of ether oxygens (including phenoxy) is 1. The van der Waals surface area contributed by atoms with Crippen LogP contribution < -0.4 is 11.1 Å². The summed E-state index contributed by atoms with van der Waals surface area (Å²) in [6.45, 7) is 6.19. The van der Waals surface area contributed by atoms with E-state index in [4.69, 9.17) is 9.15 Å². The molecule has 0 aliphatic carbocycles. The largest absolute Gasteiger partial charge is 0.444 e. The number of rotatable bonds is 2. The number of carbonyl (C=O) groups is 2. The Morgan fingerprint density at radius 2 is 2.04 bits per heavy atom. The van der Waals surface area contributed by atoms with E-state index in [2.05, 4.69) is 5.32 Å². The number of amides is 2. The van der Waals surface area contributed by atoms with E-state index in [1.807, 2.05) is 0 Å². The van der Waals surface area contributed by atoms with Gasteiger partial charge in [-0.2, -0.15) is 0 Å². The van der Waals surface area contributed by atoms with Crippen LogP contribution in [0.25, 0.3) is 11.1 Å². The van der Waals surface area contributed by atoms with Crippen molar-refractivity contribution in [3.63, 3.8) is 0 Å². The van der Waals surface area contributed by atoms with Crippen molar-refractivity contribution in [1.82, 2.24) is 9.47 Å². The maximum atomic E-state index is 12.6. The second kappa shape index (κ2) is 6.51. The van der Waals surface area contributed by atoms with Crippen molar-refractivity contribution in [2.45, 2.75) is 32.8 Å². The number of benzene rings is 1. The lowest BCUT2D eigenvalue weighted by molar-refractivity contribution is -0.119. The summed E-state index contributed by atoms with van der Waals surface area (Å²) in [5, 5.41) is 2.81. The summed E-state index contributed by atoms with van der Waals surface area (Å²) in [5.41, 5.74) is 0.823. The van der Waals surface area contributed by atoms with Crippen LogP contribution in [-0.2, 0) is 16.6 Å². The normalized spacial score (nSPS) is 17.5.